The van der Waals surface area contributed by atoms with E-state index in [-0.39, 0.29) is 30.2 Å². The van der Waals surface area contributed by atoms with Gasteiger partial charge in [0.25, 0.3) is 0 Å². The molecule has 0 aliphatic heterocycles. The van der Waals surface area contributed by atoms with E-state index in [1.165, 1.54) is 12.1 Å². The van der Waals surface area contributed by atoms with E-state index < -0.39 is 17.9 Å². The number of hydrogen-bond donors (Lipinski definition) is 2. The largest absolute Gasteiger partial charge is 0.479 e. The molecular formula is C11H12ClFO4. The predicted octanol–water partition coefficient (Wildman–Crippen LogP) is 2.00. The Hall–Kier alpha value is -1.17. The van der Waals surface area contributed by atoms with E-state index in [0.717, 1.165) is 6.07 Å². The fraction of sp³-hybridized carbons (Fsp3) is 0.364. The van der Waals surface area contributed by atoms with E-state index in [4.69, 9.17) is 26.6 Å². The number of carbonyl (C=O) groups is 1. The number of carboxylic acids is 1. The number of halogens is 2. The molecule has 1 unspecified atom stereocenters. The maximum atomic E-state index is 13.5. The van der Waals surface area contributed by atoms with Crippen LogP contribution in [0.5, 0.6) is 0 Å². The fourth-order valence-corrected chi connectivity index (χ4v) is 1.57. The zero-order valence-electron chi connectivity index (χ0n) is 8.90. The lowest BCUT2D eigenvalue weighted by atomic mass is 10.1. The van der Waals surface area contributed by atoms with Gasteiger partial charge in [-0.2, -0.15) is 0 Å². The number of aliphatic carboxylic acids is 1. The van der Waals surface area contributed by atoms with Crippen molar-refractivity contribution in [3.05, 3.63) is 34.6 Å². The van der Waals surface area contributed by atoms with Crippen molar-refractivity contribution < 1.29 is 24.1 Å². The summed E-state index contributed by atoms with van der Waals surface area (Å²) in [5.74, 6) is -2.05. The molecule has 0 aromatic heterocycles. The molecule has 0 bridgehead atoms. The summed E-state index contributed by atoms with van der Waals surface area (Å²) >= 11 is 5.75. The first kappa shape index (κ1) is 13.9. The molecule has 1 atom stereocenters. The highest BCUT2D eigenvalue weighted by molar-refractivity contribution is 6.31. The predicted molar refractivity (Wildman–Crippen MR) is 59.4 cm³/mol. The first-order chi connectivity index (χ1) is 8.07. The van der Waals surface area contributed by atoms with Gasteiger partial charge in [-0.05, 0) is 18.6 Å². The van der Waals surface area contributed by atoms with Gasteiger partial charge in [0, 0.05) is 17.2 Å². The van der Waals surface area contributed by atoms with Gasteiger partial charge in [0.05, 0.1) is 6.61 Å². The molecule has 4 nitrogen and oxygen atoms in total. The number of carboxylic acid groups (broad SMARTS) is 1. The molecule has 0 saturated heterocycles. The number of benzene rings is 1. The Morgan fingerprint density at radius 2 is 2.24 bits per heavy atom. The summed E-state index contributed by atoms with van der Waals surface area (Å²) in [4.78, 5) is 11.0. The van der Waals surface area contributed by atoms with Crippen LogP contribution in [0.1, 0.15) is 18.1 Å². The number of aliphatic hydroxyl groups excluding tert-OH is 1. The Labute approximate surface area is 103 Å². The lowest BCUT2D eigenvalue weighted by Crippen LogP contribution is -2.18. The Morgan fingerprint density at radius 3 is 2.76 bits per heavy atom. The van der Waals surface area contributed by atoms with Crippen LogP contribution in [-0.2, 0) is 9.53 Å². The summed E-state index contributed by atoms with van der Waals surface area (Å²) < 4.78 is 18.5. The van der Waals surface area contributed by atoms with Gasteiger partial charge in [0.1, 0.15) is 5.82 Å². The Bertz CT molecular complexity index is 377. The normalized spacial score (nSPS) is 12.4. The molecular weight excluding hydrogens is 251 g/mol. The minimum absolute atomic E-state index is 0.00129. The monoisotopic (exact) mass is 262 g/mol. The summed E-state index contributed by atoms with van der Waals surface area (Å²) in [7, 11) is 0. The zero-order valence-corrected chi connectivity index (χ0v) is 9.65. The Kier molecular flexibility index (Phi) is 5.34. The molecule has 6 heteroatoms. The molecule has 1 aromatic rings. The van der Waals surface area contributed by atoms with Crippen molar-refractivity contribution in [2.75, 3.05) is 13.2 Å². The van der Waals surface area contributed by atoms with E-state index in [2.05, 4.69) is 0 Å². The molecule has 0 fully saturated rings. The molecule has 17 heavy (non-hydrogen) atoms. The second-order valence-electron chi connectivity index (χ2n) is 3.30. The van der Waals surface area contributed by atoms with Gasteiger partial charge in [0.15, 0.2) is 6.10 Å². The SMILES string of the molecule is O=C(O)C(OCCCO)c1c(F)cccc1Cl. The zero-order chi connectivity index (χ0) is 12.8. The minimum atomic E-state index is -1.46. The average molecular weight is 263 g/mol. The standard InChI is InChI=1S/C11H12ClFO4/c12-7-3-1-4-8(13)9(7)10(11(15)16)17-6-2-5-14/h1,3-4,10,14H,2,5-6H2,(H,15,16). The maximum absolute atomic E-state index is 13.5. The van der Waals surface area contributed by atoms with Crippen LogP contribution < -0.4 is 0 Å². The van der Waals surface area contributed by atoms with Crippen LogP contribution in [0, 0.1) is 5.82 Å². The molecule has 0 radical (unpaired) electrons. The van der Waals surface area contributed by atoms with Crippen LogP contribution in [0.4, 0.5) is 4.39 Å². The van der Waals surface area contributed by atoms with Gasteiger partial charge in [-0.25, -0.2) is 9.18 Å². The van der Waals surface area contributed by atoms with Gasteiger partial charge in [-0.3, -0.25) is 0 Å². The van der Waals surface area contributed by atoms with E-state index in [1.807, 2.05) is 0 Å². The van der Waals surface area contributed by atoms with E-state index in [0.29, 0.717) is 0 Å². The summed E-state index contributed by atoms with van der Waals surface area (Å²) in [6, 6.07) is 3.89. The molecule has 0 amide bonds. The summed E-state index contributed by atoms with van der Waals surface area (Å²) in [6.07, 6.45) is -1.19. The second kappa shape index (κ2) is 6.54. The van der Waals surface area contributed by atoms with Crippen molar-refractivity contribution in [2.24, 2.45) is 0 Å². The van der Waals surface area contributed by atoms with E-state index >= 15 is 0 Å². The van der Waals surface area contributed by atoms with Crippen LogP contribution in [-0.4, -0.2) is 29.4 Å². The van der Waals surface area contributed by atoms with Crippen molar-refractivity contribution in [1.29, 1.82) is 0 Å². The molecule has 94 valence electrons. The number of aliphatic hydroxyl groups is 1. The third-order valence-corrected chi connectivity index (χ3v) is 2.40. The topological polar surface area (TPSA) is 66.8 Å². The van der Waals surface area contributed by atoms with Crippen molar-refractivity contribution in [3.8, 4) is 0 Å². The number of ether oxygens (including phenoxy) is 1. The highest BCUT2D eigenvalue weighted by Gasteiger charge is 2.26. The van der Waals surface area contributed by atoms with Crippen molar-refractivity contribution >= 4 is 17.6 Å². The van der Waals surface area contributed by atoms with Crippen LogP contribution in [0.2, 0.25) is 5.02 Å². The van der Waals surface area contributed by atoms with Crippen molar-refractivity contribution in [1.82, 2.24) is 0 Å². The maximum Gasteiger partial charge on any atom is 0.337 e. The van der Waals surface area contributed by atoms with Crippen molar-refractivity contribution in [2.45, 2.75) is 12.5 Å². The van der Waals surface area contributed by atoms with Gasteiger partial charge >= 0.3 is 5.97 Å². The van der Waals surface area contributed by atoms with E-state index in [9.17, 15) is 9.18 Å². The lowest BCUT2D eigenvalue weighted by molar-refractivity contribution is -0.151. The summed E-state index contributed by atoms with van der Waals surface area (Å²) in [5.41, 5.74) is -0.195. The fourth-order valence-electron chi connectivity index (χ4n) is 1.31. The number of hydrogen-bond acceptors (Lipinski definition) is 3. The highest BCUT2D eigenvalue weighted by atomic mass is 35.5. The van der Waals surface area contributed by atoms with Crippen LogP contribution in [0.15, 0.2) is 18.2 Å². The average Bonchev–Trinajstić information content (AvgIpc) is 2.26. The van der Waals surface area contributed by atoms with Crippen LogP contribution in [0.3, 0.4) is 0 Å². The minimum Gasteiger partial charge on any atom is -0.479 e. The van der Waals surface area contributed by atoms with Crippen molar-refractivity contribution in [3.63, 3.8) is 0 Å². The first-order valence-corrected chi connectivity index (χ1v) is 5.35. The van der Waals surface area contributed by atoms with Gasteiger partial charge in [0.2, 0.25) is 0 Å². The third kappa shape index (κ3) is 3.66. The Morgan fingerprint density at radius 1 is 1.53 bits per heavy atom. The highest BCUT2D eigenvalue weighted by Crippen LogP contribution is 2.28. The molecule has 1 aromatic carbocycles. The van der Waals surface area contributed by atoms with Gasteiger partial charge in [-0.1, -0.05) is 17.7 Å². The molecule has 0 heterocycles. The molecule has 0 aliphatic rings. The number of rotatable bonds is 6. The molecule has 0 spiro atoms. The van der Waals surface area contributed by atoms with Crippen LogP contribution >= 0.6 is 11.6 Å². The summed E-state index contributed by atoms with van der Waals surface area (Å²) in [6.45, 7) is -0.116. The van der Waals surface area contributed by atoms with E-state index in [1.54, 1.807) is 0 Å². The Balaban J connectivity index is 2.93. The molecule has 0 aliphatic carbocycles. The first-order valence-electron chi connectivity index (χ1n) is 4.97. The quantitative estimate of drug-likeness (QED) is 0.770. The van der Waals surface area contributed by atoms with Crippen LogP contribution in [0.25, 0.3) is 0 Å². The third-order valence-electron chi connectivity index (χ3n) is 2.07. The smallest absolute Gasteiger partial charge is 0.337 e. The second-order valence-corrected chi connectivity index (χ2v) is 3.71. The molecule has 1 rings (SSSR count). The lowest BCUT2D eigenvalue weighted by Gasteiger charge is -2.15. The van der Waals surface area contributed by atoms with Gasteiger partial charge < -0.3 is 14.9 Å². The molecule has 2 N–H and O–H groups in total. The summed E-state index contributed by atoms with van der Waals surface area (Å²) in [5, 5.41) is 17.5. The van der Waals surface area contributed by atoms with Gasteiger partial charge in [-0.15, -0.1) is 0 Å². The molecule has 0 saturated carbocycles.